The third kappa shape index (κ3) is 2.49. The first-order valence-electron chi connectivity index (χ1n) is 5.68. The van der Waals surface area contributed by atoms with E-state index in [-0.39, 0.29) is 18.1 Å². The molecule has 0 unspecified atom stereocenters. The van der Waals surface area contributed by atoms with E-state index >= 15 is 0 Å². The van der Waals surface area contributed by atoms with E-state index in [0.717, 1.165) is 0 Å². The van der Waals surface area contributed by atoms with Crippen molar-refractivity contribution in [3.8, 4) is 0 Å². The number of aromatic nitrogens is 4. The van der Waals surface area contributed by atoms with Gasteiger partial charge in [-0.05, 0) is 6.92 Å². The highest BCUT2D eigenvalue weighted by atomic mass is 16.5. The van der Waals surface area contributed by atoms with Gasteiger partial charge in [-0.1, -0.05) is 5.16 Å². The Morgan fingerprint density at radius 2 is 2.21 bits per heavy atom. The quantitative estimate of drug-likeness (QED) is 0.675. The summed E-state index contributed by atoms with van der Waals surface area (Å²) < 4.78 is 6.06. The second-order valence-corrected chi connectivity index (χ2v) is 3.85. The second-order valence-electron chi connectivity index (χ2n) is 3.85. The number of aromatic amines is 1. The summed E-state index contributed by atoms with van der Waals surface area (Å²) in [5.74, 6) is 0.902. The van der Waals surface area contributed by atoms with E-state index in [1.54, 1.807) is 13.8 Å². The zero-order valence-corrected chi connectivity index (χ0v) is 10.6. The van der Waals surface area contributed by atoms with E-state index in [1.165, 1.54) is 4.57 Å². The Morgan fingerprint density at radius 1 is 1.47 bits per heavy atom. The summed E-state index contributed by atoms with van der Waals surface area (Å²) in [6, 6.07) is 0. The molecule has 2 heterocycles. The minimum atomic E-state index is -0.576. The summed E-state index contributed by atoms with van der Waals surface area (Å²) in [5, 5.41) is 6.48. The Hall–Kier alpha value is -2.58. The van der Waals surface area contributed by atoms with E-state index in [9.17, 15) is 9.59 Å². The molecule has 2 aromatic rings. The van der Waals surface area contributed by atoms with Crippen molar-refractivity contribution in [2.45, 2.75) is 26.9 Å². The molecule has 2 rings (SSSR count). The lowest BCUT2D eigenvalue weighted by atomic mass is 10.4. The predicted molar refractivity (Wildman–Crippen MR) is 67.8 cm³/mol. The first-order chi connectivity index (χ1) is 9.02. The van der Waals surface area contributed by atoms with E-state index in [0.29, 0.717) is 18.3 Å². The molecule has 0 saturated carbocycles. The molecule has 0 atom stereocenters. The Labute approximate surface area is 107 Å². The van der Waals surface area contributed by atoms with Crippen LogP contribution in [0.1, 0.15) is 18.6 Å². The highest BCUT2D eigenvalue weighted by Gasteiger charge is 2.12. The van der Waals surface area contributed by atoms with Gasteiger partial charge >= 0.3 is 5.69 Å². The molecule has 102 valence electrons. The van der Waals surface area contributed by atoms with E-state index in [1.807, 2.05) is 0 Å². The number of nitrogens with one attached hydrogen (secondary N) is 2. The fourth-order valence-corrected chi connectivity index (χ4v) is 1.65. The summed E-state index contributed by atoms with van der Waals surface area (Å²) >= 11 is 0. The third-order valence-corrected chi connectivity index (χ3v) is 2.55. The average Bonchev–Trinajstić information content (AvgIpc) is 2.75. The number of aryl methyl sites for hydroxylation is 1. The van der Waals surface area contributed by atoms with Crippen LogP contribution in [0.5, 0.6) is 0 Å². The number of anilines is 2. The molecule has 0 radical (unpaired) electrons. The zero-order chi connectivity index (χ0) is 14.0. The maximum atomic E-state index is 11.7. The van der Waals surface area contributed by atoms with Gasteiger partial charge in [0.15, 0.2) is 5.82 Å². The normalized spacial score (nSPS) is 10.6. The number of nitrogens with two attached hydrogens (primary N) is 1. The van der Waals surface area contributed by atoms with Crippen LogP contribution in [0.25, 0.3) is 0 Å². The highest BCUT2D eigenvalue weighted by Crippen LogP contribution is 2.10. The van der Waals surface area contributed by atoms with Crippen molar-refractivity contribution in [2.24, 2.45) is 0 Å². The lowest BCUT2D eigenvalue weighted by molar-refractivity contribution is 0.388. The monoisotopic (exact) mass is 266 g/mol. The maximum Gasteiger partial charge on any atom is 0.330 e. The largest absolute Gasteiger partial charge is 0.383 e. The molecule has 19 heavy (non-hydrogen) atoms. The number of hydrogen-bond donors (Lipinski definition) is 3. The van der Waals surface area contributed by atoms with Crippen LogP contribution < -0.4 is 22.3 Å². The highest BCUT2D eigenvalue weighted by molar-refractivity contribution is 5.60. The molecule has 0 bridgehead atoms. The van der Waals surface area contributed by atoms with Crippen molar-refractivity contribution >= 4 is 11.5 Å². The Balaban J connectivity index is 2.30. The molecule has 0 amide bonds. The van der Waals surface area contributed by atoms with Gasteiger partial charge in [0.2, 0.25) is 5.89 Å². The second kappa shape index (κ2) is 4.96. The van der Waals surface area contributed by atoms with Gasteiger partial charge in [-0.25, -0.2) is 4.79 Å². The molecule has 0 aliphatic rings. The molecular formula is C10H14N6O3. The minimum Gasteiger partial charge on any atom is -0.383 e. The van der Waals surface area contributed by atoms with Gasteiger partial charge in [0.25, 0.3) is 5.56 Å². The molecule has 4 N–H and O–H groups in total. The van der Waals surface area contributed by atoms with Crippen LogP contribution in [0.2, 0.25) is 0 Å². The van der Waals surface area contributed by atoms with E-state index in [2.05, 4.69) is 20.4 Å². The number of nitrogens with zero attached hydrogens (tertiary/aromatic N) is 3. The van der Waals surface area contributed by atoms with Gasteiger partial charge in [-0.3, -0.25) is 14.3 Å². The van der Waals surface area contributed by atoms with Crippen molar-refractivity contribution in [3.63, 3.8) is 0 Å². The first-order valence-corrected chi connectivity index (χ1v) is 5.68. The average molecular weight is 266 g/mol. The molecular weight excluding hydrogens is 252 g/mol. The van der Waals surface area contributed by atoms with Crippen LogP contribution in [0.3, 0.4) is 0 Å². The third-order valence-electron chi connectivity index (χ3n) is 2.55. The van der Waals surface area contributed by atoms with E-state index < -0.39 is 11.2 Å². The lowest BCUT2D eigenvalue weighted by Gasteiger charge is -2.11. The molecule has 0 aliphatic heterocycles. The van der Waals surface area contributed by atoms with Gasteiger partial charge in [-0.2, -0.15) is 4.98 Å². The number of H-pyrrole nitrogens is 1. The molecule has 2 aromatic heterocycles. The maximum absolute atomic E-state index is 11.7. The number of nitrogen functional groups attached to an aromatic ring is 1. The number of hydrogen-bond acceptors (Lipinski definition) is 7. The summed E-state index contributed by atoms with van der Waals surface area (Å²) in [6.07, 6.45) is 0. The molecule has 0 aromatic carbocycles. The molecule has 9 heteroatoms. The van der Waals surface area contributed by atoms with Gasteiger partial charge in [0, 0.05) is 13.5 Å². The Morgan fingerprint density at radius 3 is 2.79 bits per heavy atom. The van der Waals surface area contributed by atoms with E-state index in [4.69, 9.17) is 10.3 Å². The van der Waals surface area contributed by atoms with Gasteiger partial charge < -0.3 is 15.6 Å². The topological polar surface area (TPSA) is 132 Å². The molecule has 9 nitrogen and oxygen atoms in total. The van der Waals surface area contributed by atoms with Crippen molar-refractivity contribution in [2.75, 3.05) is 11.1 Å². The van der Waals surface area contributed by atoms with Crippen LogP contribution in [0.15, 0.2) is 14.1 Å². The molecule has 0 saturated heterocycles. The van der Waals surface area contributed by atoms with Crippen LogP contribution in [-0.4, -0.2) is 19.7 Å². The number of rotatable bonds is 4. The van der Waals surface area contributed by atoms with Crippen LogP contribution >= 0.6 is 0 Å². The zero-order valence-electron chi connectivity index (χ0n) is 10.6. The Bertz CT molecular complexity index is 698. The molecule has 0 spiro atoms. The van der Waals surface area contributed by atoms with Gasteiger partial charge in [0.05, 0.1) is 6.54 Å². The fourth-order valence-electron chi connectivity index (χ4n) is 1.65. The van der Waals surface area contributed by atoms with Crippen molar-refractivity contribution in [1.29, 1.82) is 0 Å². The Kier molecular flexibility index (Phi) is 3.36. The predicted octanol–water partition coefficient (Wildman–Crippen LogP) is -0.558. The SMILES string of the molecule is CCn1c(N)c(NCc2noc(C)n2)c(=O)[nH]c1=O. The summed E-state index contributed by atoms with van der Waals surface area (Å²) in [5.41, 5.74) is 4.78. The van der Waals surface area contributed by atoms with Crippen LogP contribution in [-0.2, 0) is 13.1 Å². The van der Waals surface area contributed by atoms with Crippen molar-refractivity contribution in [3.05, 3.63) is 32.6 Å². The molecule has 0 aliphatic carbocycles. The van der Waals surface area contributed by atoms with Crippen molar-refractivity contribution < 1.29 is 4.52 Å². The summed E-state index contributed by atoms with van der Waals surface area (Å²) in [6.45, 7) is 3.95. The summed E-state index contributed by atoms with van der Waals surface area (Å²) in [7, 11) is 0. The summed E-state index contributed by atoms with van der Waals surface area (Å²) in [4.78, 5) is 29.3. The van der Waals surface area contributed by atoms with Gasteiger partial charge in [-0.15, -0.1) is 0 Å². The fraction of sp³-hybridized carbons (Fsp3) is 0.400. The van der Waals surface area contributed by atoms with Crippen LogP contribution in [0, 0.1) is 6.92 Å². The molecule has 0 fully saturated rings. The first kappa shape index (κ1) is 12.9. The minimum absolute atomic E-state index is 0.0801. The van der Waals surface area contributed by atoms with Gasteiger partial charge in [0.1, 0.15) is 11.5 Å². The van der Waals surface area contributed by atoms with Crippen LogP contribution in [0.4, 0.5) is 11.5 Å². The standard InChI is InChI=1S/C10H14N6O3/c1-3-16-8(11)7(9(17)14-10(16)18)12-4-6-13-5(2)19-15-6/h12H,3-4,11H2,1-2H3,(H,14,17,18). The lowest BCUT2D eigenvalue weighted by Crippen LogP contribution is -2.33. The smallest absolute Gasteiger partial charge is 0.330 e. The van der Waals surface area contributed by atoms with Crippen molar-refractivity contribution in [1.82, 2.24) is 19.7 Å².